The molecule has 1 heterocycles. The van der Waals surface area contributed by atoms with Crippen LogP contribution in [0.15, 0.2) is 18.2 Å². The lowest BCUT2D eigenvalue weighted by Gasteiger charge is -2.18. The topological polar surface area (TPSA) is 59.0 Å². The smallest absolute Gasteiger partial charge is 0.308 e. The van der Waals surface area contributed by atoms with E-state index < -0.39 is 5.97 Å². The van der Waals surface area contributed by atoms with E-state index in [4.69, 9.17) is 9.47 Å². The van der Waals surface area contributed by atoms with Crippen LogP contribution in [0, 0.1) is 11.8 Å². The van der Waals surface area contributed by atoms with Gasteiger partial charge in [0.2, 0.25) is 0 Å². The van der Waals surface area contributed by atoms with Crippen LogP contribution < -0.4 is 9.47 Å². The minimum atomic E-state index is -0.711. The normalized spacial score (nSPS) is 22.8. The van der Waals surface area contributed by atoms with Crippen LogP contribution in [0.4, 0.5) is 0 Å². The van der Waals surface area contributed by atoms with Crippen molar-refractivity contribution in [3.63, 3.8) is 0 Å². The van der Waals surface area contributed by atoms with Gasteiger partial charge in [-0.15, -0.1) is 0 Å². The fourth-order valence-corrected chi connectivity index (χ4v) is 2.76. The summed E-state index contributed by atoms with van der Waals surface area (Å²) in [7, 11) is 3.27. The van der Waals surface area contributed by atoms with Gasteiger partial charge >= 0.3 is 5.97 Å². The first-order chi connectivity index (χ1) is 9.55. The van der Waals surface area contributed by atoms with E-state index in [-0.39, 0.29) is 11.8 Å². The molecular weight excluding hydrogens is 258 g/mol. The summed E-state index contributed by atoms with van der Waals surface area (Å²) in [6.07, 6.45) is 0. The van der Waals surface area contributed by atoms with Crippen LogP contribution in [0.1, 0.15) is 12.5 Å². The quantitative estimate of drug-likeness (QED) is 0.891. The lowest BCUT2D eigenvalue weighted by atomic mass is 9.99. The highest BCUT2D eigenvalue weighted by molar-refractivity contribution is 5.71. The molecule has 0 saturated carbocycles. The molecule has 1 aromatic rings. The summed E-state index contributed by atoms with van der Waals surface area (Å²) in [6.45, 7) is 4.03. The molecule has 0 spiro atoms. The second-order valence-electron chi connectivity index (χ2n) is 5.29. The van der Waals surface area contributed by atoms with Gasteiger partial charge in [0, 0.05) is 25.2 Å². The van der Waals surface area contributed by atoms with E-state index in [1.807, 2.05) is 25.1 Å². The largest absolute Gasteiger partial charge is 0.497 e. The molecule has 0 aromatic heterocycles. The van der Waals surface area contributed by atoms with Crippen LogP contribution in [-0.2, 0) is 11.3 Å². The molecule has 0 bridgehead atoms. The molecular formula is C15H21NO4. The number of carbonyl (C=O) groups is 1. The van der Waals surface area contributed by atoms with Crippen molar-refractivity contribution in [1.29, 1.82) is 0 Å². The van der Waals surface area contributed by atoms with Crippen LogP contribution in [0.25, 0.3) is 0 Å². The molecule has 2 rings (SSSR count). The number of carboxylic acid groups (broad SMARTS) is 1. The van der Waals surface area contributed by atoms with Crippen LogP contribution >= 0.6 is 0 Å². The minimum absolute atomic E-state index is 0.170. The second kappa shape index (κ2) is 6.13. The second-order valence-corrected chi connectivity index (χ2v) is 5.29. The lowest BCUT2D eigenvalue weighted by molar-refractivity contribution is -0.142. The highest BCUT2D eigenvalue weighted by atomic mass is 16.5. The van der Waals surface area contributed by atoms with Gasteiger partial charge in [0.15, 0.2) is 0 Å². The summed E-state index contributed by atoms with van der Waals surface area (Å²) in [5, 5.41) is 9.18. The third kappa shape index (κ3) is 3.04. The highest BCUT2D eigenvalue weighted by Gasteiger charge is 2.34. The van der Waals surface area contributed by atoms with Gasteiger partial charge in [0.05, 0.1) is 20.1 Å². The van der Waals surface area contributed by atoms with Gasteiger partial charge in [-0.3, -0.25) is 9.69 Å². The van der Waals surface area contributed by atoms with Crippen molar-refractivity contribution in [3.8, 4) is 11.5 Å². The molecule has 1 fully saturated rings. The van der Waals surface area contributed by atoms with Crippen molar-refractivity contribution in [2.75, 3.05) is 27.3 Å². The monoisotopic (exact) mass is 279 g/mol. The summed E-state index contributed by atoms with van der Waals surface area (Å²) in [4.78, 5) is 13.3. The van der Waals surface area contributed by atoms with E-state index in [9.17, 15) is 9.90 Å². The van der Waals surface area contributed by atoms with E-state index in [2.05, 4.69) is 4.90 Å². The van der Waals surface area contributed by atoms with Gasteiger partial charge in [0.25, 0.3) is 0 Å². The molecule has 5 heteroatoms. The molecule has 0 amide bonds. The summed E-state index contributed by atoms with van der Waals surface area (Å²) in [5.41, 5.74) is 1.02. The molecule has 1 N–H and O–H groups in total. The van der Waals surface area contributed by atoms with Gasteiger partial charge in [-0.05, 0) is 24.1 Å². The minimum Gasteiger partial charge on any atom is -0.497 e. The zero-order chi connectivity index (χ0) is 14.7. The van der Waals surface area contributed by atoms with E-state index in [0.29, 0.717) is 13.1 Å². The first-order valence-corrected chi connectivity index (χ1v) is 6.71. The zero-order valence-corrected chi connectivity index (χ0v) is 12.1. The number of hydrogen-bond acceptors (Lipinski definition) is 4. The van der Waals surface area contributed by atoms with E-state index in [1.165, 1.54) is 0 Å². The molecule has 2 atom stereocenters. The van der Waals surface area contributed by atoms with Crippen molar-refractivity contribution in [2.45, 2.75) is 13.5 Å². The third-order valence-electron chi connectivity index (χ3n) is 3.89. The number of likely N-dealkylation sites (tertiary alicyclic amines) is 1. The summed E-state index contributed by atoms with van der Waals surface area (Å²) >= 11 is 0. The van der Waals surface area contributed by atoms with Crippen molar-refractivity contribution in [2.24, 2.45) is 11.8 Å². The predicted octanol–water partition coefficient (Wildman–Crippen LogP) is 1.86. The van der Waals surface area contributed by atoms with Crippen LogP contribution in [0.2, 0.25) is 0 Å². The molecule has 1 aliphatic heterocycles. The van der Waals surface area contributed by atoms with Crippen molar-refractivity contribution < 1.29 is 19.4 Å². The number of rotatable bonds is 5. The van der Waals surface area contributed by atoms with Gasteiger partial charge in [-0.2, -0.15) is 0 Å². The van der Waals surface area contributed by atoms with Crippen molar-refractivity contribution in [3.05, 3.63) is 23.8 Å². The Morgan fingerprint density at radius 1 is 1.35 bits per heavy atom. The Hall–Kier alpha value is -1.75. The molecule has 110 valence electrons. The van der Waals surface area contributed by atoms with Crippen molar-refractivity contribution >= 4 is 5.97 Å². The third-order valence-corrected chi connectivity index (χ3v) is 3.89. The molecule has 1 aliphatic rings. The SMILES string of the molecule is COc1ccc(OC)c(CN2C[C@@H](C)[C@H](C(=O)O)C2)c1. The molecule has 1 aromatic carbocycles. The first-order valence-electron chi connectivity index (χ1n) is 6.71. The molecule has 0 radical (unpaired) electrons. The molecule has 0 unspecified atom stereocenters. The average molecular weight is 279 g/mol. The first kappa shape index (κ1) is 14.7. The van der Waals surface area contributed by atoms with E-state index in [1.54, 1.807) is 14.2 Å². The lowest BCUT2D eigenvalue weighted by Crippen LogP contribution is -2.23. The average Bonchev–Trinajstić information content (AvgIpc) is 2.79. The standard InChI is InChI=1S/C15H21NO4/c1-10-7-16(9-13(10)15(17)18)8-11-6-12(19-2)4-5-14(11)20-3/h4-6,10,13H,7-9H2,1-3H3,(H,17,18)/t10-,13-/m1/s1. The Morgan fingerprint density at radius 3 is 2.65 bits per heavy atom. The van der Waals surface area contributed by atoms with Gasteiger partial charge < -0.3 is 14.6 Å². The summed E-state index contributed by atoms with van der Waals surface area (Å²) in [5.74, 6) is 0.758. The van der Waals surface area contributed by atoms with E-state index in [0.717, 1.165) is 23.6 Å². The maximum Gasteiger partial charge on any atom is 0.308 e. The van der Waals surface area contributed by atoms with Crippen LogP contribution in [0.3, 0.4) is 0 Å². The number of methoxy groups -OCH3 is 2. The molecule has 1 saturated heterocycles. The Morgan fingerprint density at radius 2 is 2.10 bits per heavy atom. The fraction of sp³-hybridized carbons (Fsp3) is 0.533. The Balaban J connectivity index is 2.12. The highest BCUT2D eigenvalue weighted by Crippen LogP contribution is 2.29. The number of nitrogens with zero attached hydrogens (tertiary/aromatic N) is 1. The molecule has 0 aliphatic carbocycles. The van der Waals surface area contributed by atoms with Crippen LogP contribution in [0.5, 0.6) is 11.5 Å². The number of hydrogen-bond donors (Lipinski definition) is 1. The maximum absolute atomic E-state index is 11.2. The number of aliphatic carboxylic acids is 1. The molecule has 20 heavy (non-hydrogen) atoms. The Kier molecular flexibility index (Phi) is 4.49. The predicted molar refractivity (Wildman–Crippen MR) is 75.1 cm³/mol. The maximum atomic E-state index is 11.2. The zero-order valence-electron chi connectivity index (χ0n) is 12.1. The van der Waals surface area contributed by atoms with E-state index >= 15 is 0 Å². The van der Waals surface area contributed by atoms with Crippen LogP contribution in [-0.4, -0.2) is 43.3 Å². The Bertz CT molecular complexity index is 489. The van der Waals surface area contributed by atoms with Gasteiger partial charge in [-0.25, -0.2) is 0 Å². The summed E-state index contributed by atoms with van der Waals surface area (Å²) in [6, 6.07) is 5.68. The number of benzene rings is 1. The fourth-order valence-electron chi connectivity index (χ4n) is 2.76. The summed E-state index contributed by atoms with van der Waals surface area (Å²) < 4.78 is 10.6. The molecule has 5 nitrogen and oxygen atoms in total. The Labute approximate surface area is 119 Å². The number of ether oxygens (including phenoxy) is 2. The number of carboxylic acids is 1. The van der Waals surface area contributed by atoms with Gasteiger partial charge in [0.1, 0.15) is 11.5 Å². The van der Waals surface area contributed by atoms with Crippen molar-refractivity contribution in [1.82, 2.24) is 4.90 Å². The van der Waals surface area contributed by atoms with Gasteiger partial charge in [-0.1, -0.05) is 6.92 Å².